The Morgan fingerprint density at radius 3 is 2.79 bits per heavy atom. The fraction of sp³-hybridized carbons (Fsp3) is 0.727. The summed E-state index contributed by atoms with van der Waals surface area (Å²) in [6, 6.07) is 0. The fourth-order valence-electron chi connectivity index (χ4n) is 2.17. The lowest BCUT2D eigenvalue weighted by Gasteiger charge is -2.40. The molecule has 0 aliphatic heterocycles. The molecule has 1 aliphatic rings. The van der Waals surface area contributed by atoms with Gasteiger partial charge in [-0.25, -0.2) is 0 Å². The number of aryl methyl sites for hydroxylation is 2. The van der Waals surface area contributed by atoms with Crippen LogP contribution >= 0.6 is 0 Å². The first-order valence-electron chi connectivity index (χ1n) is 5.32. The van der Waals surface area contributed by atoms with E-state index in [1.165, 1.54) is 24.8 Å². The largest absolute Gasteiger partial charge is 0.396 e. The summed E-state index contributed by atoms with van der Waals surface area (Å²) in [6.45, 7) is 0.354. The van der Waals surface area contributed by atoms with Crippen molar-refractivity contribution in [1.29, 1.82) is 0 Å². The molecule has 1 N–H and O–H groups in total. The Balaban J connectivity index is 1.87. The van der Waals surface area contributed by atoms with Crippen LogP contribution in [0.5, 0.6) is 0 Å². The molecule has 0 saturated heterocycles. The van der Waals surface area contributed by atoms with Gasteiger partial charge in [0.1, 0.15) is 0 Å². The molecular weight excluding hydrogens is 176 g/mol. The van der Waals surface area contributed by atoms with Crippen LogP contribution < -0.4 is 0 Å². The third-order valence-corrected chi connectivity index (χ3v) is 3.45. The molecule has 1 heterocycles. The van der Waals surface area contributed by atoms with Crippen molar-refractivity contribution in [3.63, 3.8) is 0 Å². The third-order valence-electron chi connectivity index (χ3n) is 3.45. The zero-order chi connectivity index (χ0) is 10.0. The fourth-order valence-corrected chi connectivity index (χ4v) is 2.17. The van der Waals surface area contributed by atoms with Crippen LogP contribution in [0.4, 0.5) is 0 Å². The van der Waals surface area contributed by atoms with Crippen LogP contribution in [0.1, 0.15) is 31.2 Å². The minimum atomic E-state index is 0.246. The minimum absolute atomic E-state index is 0.246. The summed E-state index contributed by atoms with van der Waals surface area (Å²) >= 11 is 0. The van der Waals surface area contributed by atoms with Crippen molar-refractivity contribution in [3.05, 3.63) is 18.0 Å². The molecule has 78 valence electrons. The van der Waals surface area contributed by atoms with Crippen molar-refractivity contribution in [2.24, 2.45) is 12.5 Å². The number of nitrogens with zero attached hydrogens (tertiary/aromatic N) is 2. The Bertz CT molecular complexity index is 296. The van der Waals surface area contributed by atoms with Gasteiger partial charge in [-0.15, -0.1) is 0 Å². The smallest absolute Gasteiger partial charge is 0.0521 e. The lowest BCUT2D eigenvalue weighted by Crippen LogP contribution is -2.33. The molecule has 0 atom stereocenters. The molecule has 1 aromatic rings. The summed E-state index contributed by atoms with van der Waals surface area (Å²) in [4.78, 5) is 0. The van der Waals surface area contributed by atoms with Crippen LogP contribution in [0.25, 0.3) is 0 Å². The average Bonchev–Trinajstić information content (AvgIpc) is 2.50. The van der Waals surface area contributed by atoms with E-state index in [2.05, 4.69) is 11.3 Å². The van der Waals surface area contributed by atoms with Crippen LogP contribution in [0, 0.1) is 5.41 Å². The first-order valence-corrected chi connectivity index (χ1v) is 5.32. The molecule has 0 amide bonds. The van der Waals surface area contributed by atoms with Crippen molar-refractivity contribution < 1.29 is 5.11 Å². The summed E-state index contributed by atoms with van der Waals surface area (Å²) in [5.74, 6) is 0. The molecule has 1 aromatic heterocycles. The van der Waals surface area contributed by atoms with E-state index in [9.17, 15) is 5.11 Å². The quantitative estimate of drug-likeness (QED) is 0.789. The van der Waals surface area contributed by atoms with Crippen molar-refractivity contribution in [2.45, 2.75) is 32.1 Å². The SMILES string of the molecule is Cn1cc(CCC2(CO)CCC2)cn1. The van der Waals surface area contributed by atoms with Gasteiger partial charge in [-0.3, -0.25) is 4.68 Å². The number of aliphatic hydroxyl groups excluding tert-OH is 1. The Kier molecular flexibility index (Phi) is 2.59. The van der Waals surface area contributed by atoms with Crippen LogP contribution in [-0.4, -0.2) is 21.5 Å². The van der Waals surface area contributed by atoms with Crippen LogP contribution in [-0.2, 0) is 13.5 Å². The molecule has 14 heavy (non-hydrogen) atoms. The van der Waals surface area contributed by atoms with Gasteiger partial charge < -0.3 is 5.11 Å². The van der Waals surface area contributed by atoms with Gasteiger partial charge in [-0.05, 0) is 36.7 Å². The van der Waals surface area contributed by atoms with Gasteiger partial charge in [0.2, 0.25) is 0 Å². The molecule has 0 aromatic carbocycles. The van der Waals surface area contributed by atoms with Gasteiger partial charge in [0.25, 0.3) is 0 Å². The number of rotatable bonds is 4. The summed E-state index contributed by atoms with van der Waals surface area (Å²) in [5, 5.41) is 13.4. The second-order valence-corrected chi connectivity index (χ2v) is 4.53. The molecule has 1 aliphatic carbocycles. The van der Waals surface area contributed by atoms with Gasteiger partial charge in [0.05, 0.1) is 6.20 Å². The first-order chi connectivity index (χ1) is 6.74. The molecule has 0 spiro atoms. The highest BCUT2D eigenvalue weighted by Crippen LogP contribution is 2.44. The van der Waals surface area contributed by atoms with E-state index in [4.69, 9.17) is 0 Å². The summed E-state index contributed by atoms with van der Waals surface area (Å²) in [6.07, 6.45) is 9.82. The molecular formula is C11H18N2O. The zero-order valence-electron chi connectivity index (χ0n) is 8.74. The van der Waals surface area contributed by atoms with Gasteiger partial charge >= 0.3 is 0 Å². The van der Waals surface area contributed by atoms with E-state index >= 15 is 0 Å². The standard InChI is InChI=1S/C11H18N2O/c1-13-8-10(7-12-13)3-6-11(9-14)4-2-5-11/h7-8,14H,2-6,9H2,1H3. The van der Waals surface area contributed by atoms with E-state index in [0.717, 1.165) is 12.8 Å². The predicted octanol–water partition coefficient (Wildman–Crippen LogP) is 1.52. The van der Waals surface area contributed by atoms with Crippen molar-refractivity contribution in [2.75, 3.05) is 6.61 Å². The second-order valence-electron chi connectivity index (χ2n) is 4.53. The predicted molar refractivity (Wildman–Crippen MR) is 54.9 cm³/mol. The number of hydrogen-bond acceptors (Lipinski definition) is 2. The minimum Gasteiger partial charge on any atom is -0.396 e. The normalized spacial score (nSPS) is 19.3. The Morgan fingerprint density at radius 1 is 1.57 bits per heavy atom. The van der Waals surface area contributed by atoms with Crippen molar-refractivity contribution in [3.8, 4) is 0 Å². The van der Waals surface area contributed by atoms with Gasteiger partial charge in [-0.1, -0.05) is 6.42 Å². The average molecular weight is 194 g/mol. The van der Waals surface area contributed by atoms with E-state index in [1.807, 2.05) is 17.9 Å². The maximum absolute atomic E-state index is 9.30. The number of aliphatic hydroxyl groups is 1. The van der Waals surface area contributed by atoms with Crippen LogP contribution in [0.3, 0.4) is 0 Å². The van der Waals surface area contributed by atoms with Crippen LogP contribution in [0.15, 0.2) is 12.4 Å². The molecule has 0 bridgehead atoms. The summed E-state index contributed by atoms with van der Waals surface area (Å²) in [7, 11) is 1.94. The van der Waals surface area contributed by atoms with E-state index in [-0.39, 0.29) is 5.41 Å². The monoisotopic (exact) mass is 194 g/mol. The van der Waals surface area contributed by atoms with Crippen LogP contribution in [0.2, 0.25) is 0 Å². The number of aromatic nitrogens is 2. The lowest BCUT2D eigenvalue weighted by molar-refractivity contribution is 0.0365. The van der Waals surface area contributed by atoms with E-state index in [0.29, 0.717) is 6.61 Å². The first kappa shape index (κ1) is 9.71. The Hall–Kier alpha value is -0.830. The Labute approximate surface area is 84.7 Å². The molecule has 0 unspecified atom stereocenters. The highest BCUT2D eigenvalue weighted by Gasteiger charge is 2.35. The van der Waals surface area contributed by atoms with E-state index < -0.39 is 0 Å². The third kappa shape index (κ3) is 1.82. The molecule has 1 saturated carbocycles. The highest BCUT2D eigenvalue weighted by molar-refractivity contribution is 5.05. The Morgan fingerprint density at radius 2 is 2.36 bits per heavy atom. The van der Waals surface area contributed by atoms with Gasteiger partial charge in [0, 0.05) is 19.9 Å². The topological polar surface area (TPSA) is 38.0 Å². The summed E-state index contributed by atoms with van der Waals surface area (Å²) < 4.78 is 1.84. The maximum Gasteiger partial charge on any atom is 0.0521 e. The zero-order valence-corrected chi connectivity index (χ0v) is 8.74. The summed E-state index contributed by atoms with van der Waals surface area (Å²) in [5.41, 5.74) is 1.53. The number of hydrogen-bond donors (Lipinski definition) is 1. The highest BCUT2D eigenvalue weighted by atomic mass is 16.3. The van der Waals surface area contributed by atoms with Gasteiger partial charge in [-0.2, -0.15) is 5.10 Å². The van der Waals surface area contributed by atoms with E-state index in [1.54, 1.807) is 0 Å². The molecule has 3 nitrogen and oxygen atoms in total. The van der Waals surface area contributed by atoms with Crippen molar-refractivity contribution >= 4 is 0 Å². The molecule has 1 fully saturated rings. The van der Waals surface area contributed by atoms with Gasteiger partial charge in [0.15, 0.2) is 0 Å². The molecule has 3 heteroatoms. The molecule has 0 radical (unpaired) electrons. The maximum atomic E-state index is 9.30. The second kappa shape index (κ2) is 3.73. The van der Waals surface area contributed by atoms with Crippen molar-refractivity contribution in [1.82, 2.24) is 9.78 Å². The lowest BCUT2D eigenvalue weighted by atomic mass is 9.66. The molecule has 2 rings (SSSR count).